The van der Waals surface area contributed by atoms with Crippen molar-refractivity contribution in [3.8, 4) is 0 Å². The molecule has 26 heavy (non-hydrogen) atoms. The number of carbonyl (C=O) groups excluding carboxylic acids is 4. The first-order valence-electron chi connectivity index (χ1n) is 8.54. The predicted octanol–water partition coefficient (Wildman–Crippen LogP) is 1.47. The molecule has 4 rings (SSSR count). The van der Waals surface area contributed by atoms with Crippen LogP contribution in [-0.4, -0.2) is 40.7 Å². The van der Waals surface area contributed by atoms with E-state index in [0.29, 0.717) is 12.0 Å². The zero-order valence-electron chi connectivity index (χ0n) is 14.4. The van der Waals surface area contributed by atoms with Gasteiger partial charge in [-0.2, -0.15) is 0 Å². The van der Waals surface area contributed by atoms with Gasteiger partial charge >= 0.3 is 0 Å². The van der Waals surface area contributed by atoms with Crippen molar-refractivity contribution in [2.75, 3.05) is 5.75 Å². The highest BCUT2D eigenvalue weighted by Crippen LogP contribution is 2.46. The fourth-order valence-corrected chi connectivity index (χ4v) is 5.11. The average Bonchev–Trinajstić information content (AvgIpc) is 2.98. The number of benzene rings is 1. The first-order valence-corrected chi connectivity index (χ1v) is 9.52. The minimum atomic E-state index is -1.47. The molecule has 3 aliphatic rings. The number of rotatable bonds is 2. The Bertz CT molecular complexity index is 905. The molecule has 1 fully saturated rings. The number of amides is 2. The van der Waals surface area contributed by atoms with Gasteiger partial charge in [0.25, 0.3) is 5.91 Å². The van der Waals surface area contributed by atoms with E-state index < -0.39 is 17.5 Å². The largest absolute Gasteiger partial charge is 0.342 e. The van der Waals surface area contributed by atoms with Crippen molar-refractivity contribution in [2.45, 2.75) is 31.8 Å². The van der Waals surface area contributed by atoms with Gasteiger partial charge < -0.3 is 10.6 Å². The van der Waals surface area contributed by atoms with E-state index in [1.807, 2.05) is 13.8 Å². The van der Waals surface area contributed by atoms with E-state index >= 15 is 0 Å². The minimum Gasteiger partial charge on any atom is -0.342 e. The monoisotopic (exact) mass is 370 g/mol. The van der Waals surface area contributed by atoms with Gasteiger partial charge in [0.2, 0.25) is 11.7 Å². The molecule has 1 aromatic carbocycles. The van der Waals surface area contributed by atoms with Gasteiger partial charge in [-0.25, -0.2) is 0 Å². The Hall–Kier alpha value is -2.41. The van der Waals surface area contributed by atoms with Crippen molar-refractivity contribution >= 4 is 35.1 Å². The fourth-order valence-electron chi connectivity index (χ4n) is 3.75. The second kappa shape index (κ2) is 5.81. The van der Waals surface area contributed by atoms with Gasteiger partial charge in [-0.3, -0.25) is 19.2 Å². The third-order valence-corrected chi connectivity index (χ3v) is 6.25. The van der Waals surface area contributed by atoms with Gasteiger partial charge in [-0.15, -0.1) is 11.8 Å². The maximum Gasteiger partial charge on any atom is 0.252 e. The van der Waals surface area contributed by atoms with E-state index in [1.54, 1.807) is 24.3 Å². The molecule has 0 bridgehead atoms. The summed E-state index contributed by atoms with van der Waals surface area (Å²) in [6.07, 6.45) is 0.516. The molecule has 1 aliphatic carbocycles. The Kier molecular flexibility index (Phi) is 3.80. The predicted molar refractivity (Wildman–Crippen MR) is 96.8 cm³/mol. The molecule has 1 saturated heterocycles. The molecule has 1 spiro atoms. The van der Waals surface area contributed by atoms with Crippen LogP contribution in [0.25, 0.3) is 0 Å². The summed E-state index contributed by atoms with van der Waals surface area (Å²) in [6, 6.07) is 5.96. The molecule has 0 unspecified atom stereocenters. The van der Waals surface area contributed by atoms with Crippen molar-refractivity contribution in [1.29, 1.82) is 0 Å². The van der Waals surface area contributed by atoms with Crippen LogP contribution >= 0.6 is 11.8 Å². The molecule has 2 aliphatic heterocycles. The Morgan fingerprint density at radius 3 is 2.42 bits per heavy atom. The normalized spacial score (nSPS) is 27.6. The molecule has 0 aromatic heterocycles. The Labute approximate surface area is 154 Å². The molecule has 2 heterocycles. The van der Waals surface area contributed by atoms with Gasteiger partial charge in [0.1, 0.15) is 6.04 Å². The number of nitrogens with one attached hydrogen (secondary N) is 2. The number of hydrogen-bond acceptors (Lipinski definition) is 5. The van der Waals surface area contributed by atoms with Gasteiger partial charge in [0.05, 0.1) is 10.5 Å². The first kappa shape index (κ1) is 17.0. The second-order valence-electron chi connectivity index (χ2n) is 7.25. The summed E-state index contributed by atoms with van der Waals surface area (Å²) in [4.78, 5) is 51.7. The summed E-state index contributed by atoms with van der Waals surface area (Å²) in [5.74, 6) is -0.971. The highest BCUT2D eigenvalue weighted by Gasteiger charge is 2.58. The van der Waals surface area contributed by atoms with Gasteiger partial charge in [0.15, 0.2) is 11.3 Å². The van der Waals surface area contributed by atoms with Crippen molar-refractivity contribution in [3.63, 3.8) is 0 Å². The zero-order valence-corrected chi connectivity index (χ0v) is 15.2. The lowest BCUT2D eigenvalue weighted by molar-refractivity contribution is -0.139. The SMILES string of the molecule is CC(C)C[C@@H]1NC(=O)[C@@]2(CSC3=C2C(=O)c2ccccc2C3=O)NC1=O. The molecule has 2 amide bonds. The number of fused-ring (bicyclic) bond motifs is 2. The Balaban J connectivity index is 1.76. The van der Waals surface area contributed by atoms with E-state index in [2.05, 4.69) is 10.6 Å². The molecule has 7 heteroatoms. The van der Waals surface area contributed by atoms with Gasteiger partial charge in [-0.1, -0.05) is 38.1 Å². The molecular formula is C19H18N2O4S. The lowest BCUT2D eigenvalue weighted by atomic mass is 9.77. The summed E-state index contributed by atoms with van der Waals surface area (Å²) in [6.45, 7) is 3.94. The second-order valence-corrected chi connectivity index (χ2v) is 8.23. The molecule has 6 nitrogen and oxygen atoms in total. The van der Waals surface area contributed by atoms with E-state index in [-0.39, 0.29) is 45.2 Å². The smallest absolute Gasteiger partial charge is 0.252 e. The maximum absolute atomic E-state index is 13.1. The Morgan fingerprint density at radius 1 is 1.12 bits per heavy atom. The van der Waals surface area contributed by atoms with E-state index in [9.17, 15) is 19.2 Å². The van der Waals surface area contributed by atoms with Gasteiger partial charge in [-0.05, 0) is 12.3 Å². The lowest BCUT2D eigenvalue weighted by Crippen LogP contribution is -2.71. The Morgan fingerprint density at radius 2 is 1.77 bits per heavy atom. The third kappa shape index (κ3) is 2.26. The summed E-state index contributed by atoms with van der Waals surface area (Å²) < 4.78 is 0. The summed E-state index contributed by atoms with van der Waals surface area (Å²) in [5.41, 5.74) is -0.726. The number of thioether (sulfide) groups is 1. The van der Waals surface area contributed by atoms with E-state index in [1.165, 1.54) is 0 Å². The number of hydrogen-bond donors (Lipinski definition) is 2. The molecule has 0 saturated carbocycles. The van der Waals surface area contributed by atoms with Crippen LogP contribution in [-0.2, 0) is 9.59 Å². The standard InChI is InChI=1S/C19H18N2O4S/c1-9(2)7-12-17(24)21-19(18(25)20-12)8-26-16-13(19)14(22)10-5-3-4-6-11(10)15(16)23/h3-6,9,12H,7-8H2,1-2H3,(H,20,25)(H,21,24)/t12-,19-/m0/s1. The van der Waals surface area contributed by atoms with E-state index in [0.717, 1.165) is 11.8 Å². The van der Waals surface area contributed by atoms with Crippen LogP contribution in [0.5, 0.6) is 0 Å². The third-order valence-electron chi connectivity index (χ3n) is 4.99. The van der Waals surface area contributed by atoms with Crippen LogP contribution in [0.1, 0.15) is 41.0 Å². The van der Waals surface area contributed by atoms with Crippen LogP contribution in [0.15, 0.2) is 34.7 Å². The van der Waals surface area contributed by atoms with Crippen molar-refractivity contribution in [2.24, 2.45) is 5.92 Å². The van der Waals surface area contributed by atoms with Crippen LogP contribution in [0.2, 0.25) is 0 Å². The fraction of sp³-hybridized carbons (Fsp3) is 0.368. The molecule has 134 valence electrons. The number of allylic oxidation sites excluding steroid dienone is 1. The number of ketones is 2. The molecule has 2 N–H and O–H groups in total. The number of Topliss-reactive ketones (excluding diaryl/α,β-unsaturated/α-hetero) is 2. The van der Waals surface area contributed by atoms with Crippen LogP contribution < -0.4 is 10.6 Å². The van der Waals surface area contributed by atoms with Crippen molar-refractivity contribution < 1.29 is 19.2 Å². The topological polar surface area (TPSA) is 92.3 Å². The van der Waals surface area contributed by atoms with Crippen molar-refractivity contribution in [1.82, 2.24) is 10.6 Å². The van der Waals surface area contributed by atoms with Gasteiger partial charge in [0, 0.05) is 16.9 Å². The quantitative estimate of drug-likeness (QED) is 0.822. The van der Waals surface area contributed by atoms with Crippen LogP contribution in [0, 0.1) is 5.92 Å². The zero-order chi connectivity index (χ0) is 18.6. The van der Waals surface area contributed by atoms with E-state index in [4.69, 9.17) is 0 Å². The molecule has 1 aromatic rings. The minimum absolute atomic E-state index is 0.111. The molecule has 0 radical (unpaired) electrons. The number of piperazine rings is 1. The summed E-state index contributed by atoms with van der Waals surface area (Å²) in [7, 11) is 0. The average molecular weight is 370 g/mol. The summed E-state index contributed by atoms with van der Waals surface area (Å²) in [5, 5.41) is 5.54. The number of carbonyl (C=O) groups is 4. The maximum atomic E-state index is 13.1. The highest BCUT2D eigenvalue weighted by molar-refractivity contribution is 8.04. The summed E-state index contributed by atoms with van der Waals surface area (Å²) >= 11 is 1.16. The van der Waals surface area contributed by atoms with Crippen LogP contribution in [0.4, 0.5) is 0 Å². The molecule has 2 atom stereocenters. The van der Waals surface area contributed by atoms with Crippen LogP contribution in [0.3, 0.4) is 0 Å². The van der Waals surface area contributed by atoms with Crippen molar-refractivity contribution in [3.05, 3.63) is 45.9 Å². The highest BCUT2D eigenvalue weighted by atomic mass is 32.2. The lowest BCUT2D eigenvalue weighted by Gasteiger charge is -2.39. The first-order chi connectivity index (χ1) is 12.3. The molecular weight excluding hydrogens is 352 g/mol.